The maximum absolute atomic E-state index is 5.67. The molecule has 3 rings (SSSR count). The van der Waals surface area contributed by atoms with Crippen LogP contribution in [0.15, 0.2) is 12.7 Å². The molecule has 0 bridgehead atoms. The van der Waals surface area contributed by atoms with Crippen molar-refractivity contribution in [3.05, 3.63) is 18.5 Å². The van der Waals surface area contributed by atoms with Gasteiger partial charge in [0.15, 0.2) is 0 Å². The second-order valence-corrected chi connectivity index (χ2v) is 5.42. The molecule has 1 aromatic rings. The fraction of sp³-hybridized carbons (Fsp3) is 0.667. The van der Waals surface area contributed by atoms with Gasteiger partial charge in [-0.1, -0.05) is 6.08 Å². The molecule has 1 saturated heterocycles. The summed E-state index contributed by atoms with van der Waals surface area (Å²) in [5.41, 5.74) is 0. The lowest BCUT2D eigenvalue weighted by molar-refractivity contribution is 0.0909. The maximum Gasteiger partial charge on any atom is 0.205 e. The van der Waals surface area contributed by atoms with Gasteiger partial charge in [0.1, 0.15) is 5.82 Å². The van der Waals surface area contributed by atoms with E-state index in [0.717, 1.165) is 30.5 Å². The molecule has 17 heavy (non-hydrogen) atoms. The normalized spacial score (nSPS) is 24.2. The number of nitrogens with zero attached hydrogens (tertiary/aromatic N) is 3. The van der Waals surface area contributed by atoms with Gasteiger partial charge in [0.2, 0.25) is 5.13 Å². The van der Waals surface area contributed by atoms with Crippen LogP contribution in [0.3, 0.4) is 0 Å². The van der Waals surface area contributed by atoms with Crippen LogP contribution in [-0.2, 0) is 4.74 Å². The molecule has 92 valence electrons. The lowest BCUT2D eigenvalue weighted by Crippen LogP contribution is -2.22. The quantitative estimate of drug-likeness (QED) is 0.752. The van der Waals surface area contributed by atoms with Crippen molar-refractivity contribution in [2.75, 3.05) is 24.6 Å². The van der Waals surface area contributed by atoms with Crippen LogP contribution in [0, 0.1) is 0 Å². The van der Waals surface area contributed by atoms with E-state index in [2.05, 4.69) is 20.8 Å². The van der Waals surface area contributed by atoms with Crippen LogP contribution in [-0.4, -0.2) is 35.2 Å². The molecule has 0 radical (unpaired) electrons. The molecule has 1 aliphatic heterocycles. The highest BCUT2D eigenvalue weighted by Crippen LogP contribution is 2.40. The van der Waals surface area contributed by atoms with Crippen molar-refractivity contribution < 1.29 is 4.74 Å². The van der Waals surface area contributed by atoms with Crippen LogP contribution in [0.5, 0.6) is 0 Å². The molecule has 0 aromatic carbocycles. The second-order valence-electron chi connectivity index (χ2n) is 4.69. The monoisotopic (exact) mass is 251 g/mol. The van der Waals surface area contributed by atoms with E-state index >= 15 is 0 Å². The molecule has 0 N–H and O–H groups in total. The zero-order chi connectivity index (χ0) is 11.7. The van der Waals surface area contributed by atoms with Gasteiger partial charge in [-0.15, -0.1) is 6.58 Å². The number of hydrogen-bond donors (Lipinski definition) is 0. The first-order valence-electron chi connectivity index (χ1n) is 6.18. The molecule has 1 aromatic heterocycles. The van der Waals surface area contributed by atoms with Crippen molar-refractivity contribution >= 4 is 16.7 Å². The second kappa shape index (κ2) is 4.74. The lowest BCUT2D eigenvalue weighted by atomic mass is 10.3. The minimum atomic E-state index is 0.321. The Hall–Kier alpha value is -0.940. The largest absolute Gasteiger partial charge is 0.372 e. The Balaban J connectivity index is 1.58. The summed E-state index contributed by atoms with van der Waals surface area (Å²) in [4.78, 5) is 6.92. The summed E-state index contributed by atoms with van der Waals surface area (Å²) in [6, 6.07) is 0. The Morgan fingerprint density at radius 3 is 3.12 bits per heavy atom. The van der Waals surface area contributed by atoms with E-state index < -0.39 is 0 Å². The predicted octanol–water partition coefficient (Wildman–Crippen LogP) is 2.20. The molecule has 4 nitrogen and oxygen atoms in total. The fourth-order valence-electron chi connectivity index (χ4n) is 2.10. The topological polar surface area (TPSA) is 38.2 Å². The molecule has 2 aliphatic rings. The fourth-order valence-corrected chi connectivity index (χ4v) is 2.89. The Morgan fingerprint density at radius 2 is 2.35 bits per heavy atom. The van der Waals surface area contributed by atoms with Crippen LogP contribution in [0.2, 0.25) is 0 Å². The Kier molecular flexibility index (Phi) is 3.11. The Bertz CT molecular complexity index is 402. The third kappa shape index (κ3) is 2.50. The van der Waals surface area contributed by atoms with Gasteiger partial charge in [-0.25, -0.2) is 4.98 Å². The third-order valence-corrected chi connectivity index (χ3v) is 4.03. The van der Waals surface area contributed by atoms with E-state index in [-0.39, 0.29) is 0 Å². The van der Waals surface area contributed by atoms with Gasteiger partial charge >= 0.3 is 0 Å². The van der Waals surface area contributed by atoms with Gasteiger partial charge < -0.3 is 9.64 Å². The number of aromatic nitrogens is 2. The molecule has 1 atom stereocenters. The lowest BCUT2D eigenvalue weighted by Gasteiger charge is -2.14. The average molecular weight is 251 g/mol. The van der Waals surface area contributed by atoms with Crippen molar-refractivity contribution in [2.24, 2.45) is 0 Å². The molecule has 0 amide bonds. The van der Waals surface area contributed by atoms with Crippen LogP contribution in [0.25, 0.3) is 0 Å². The number of hydrogen-bond acceptors (Lipinski definition) is 5. The van der Waals surface area contributed by atoms with Gasteiger partial charge in [-0.2, -0.15) is 4.37 Å². The molecule has 1 saturated carbocycles. The summed E-state index contributed by atoms with van der Waals surface area (Å²) in [7, 11) is 0. The van der Waals surface area contributed by atoms with Crippen molar-refractivity contribution in [3.8, 4) is 0 Å². The molecule has 2 heterocycles. The van der Waals surface area contributed by atoms with E-state index in [1.54, 1.807) is 6.08 Å². The van der Waals surface area contributed by atoms with Crippen LogP contribution < -0.4 is 4.90 Å². The van der Waals surface area contributed by atoms with Gasteiger partial charge in [0.25, 0.3) is 0 Å². The molecule has 1 unspecified atom stereocenters. The van der Waals surface area contributed by atoms with Crippen LogP contribution in [0.4, 0.5) is 5.13 Å². The van der Waals surface area contributed by atoms with Crippen molar-refractivity contribution in [1.29, 1.82) is 0 Å². The van der Waals surface area contributed by atoms with Crippen molar-refractivity contribution in [2.45, 2.75) is 31.3 Å². The highest BCUT2D eigenvalue weighted by Gasteiger charge is 2.30. The van der Waals surface area contributed by atoms with E-state index in [1.807, 2.05) is 0 Å². The third-order valence-electron chi connectivity index (χ3n) is 3.24. The highest BCUT2D eigenvalue weighted by molar-refractivity contribution is 7.09. The summed E-state index contributed by atoms with van der Waals surface area (Å²) < 4.78 is 10.1. The average Bonchev–Trinajstić information content (AvgIpc) is 2.92. The van der Waals surface area contributed by atoms with Gasteiger partial charge in [0.05, 0.1) is 12.7 Å². The van der Waals surface area contributed by atoms with E-state index in [1.165, 1.54) is 24.4 Å². The summed E-state index contributed by atoms with van der Waals surface area (Å²) in [6.07, 6.45) is 5.73. The van der Waals surface area contributed by atoms with Gasteiger partial charge in [0, 0.05) is 30.5 Å². The standard InChI is InChI=1S/C12H17N3OS/c1-2-7-16-10-5-6-15(8-10)12-13-11(14-17-12)9-3-4-9/h2,9-10H,1,3-8H2. The molecule has 2 fully saturated rings. The summed E-state index contributed by atoms with van der Waals surface area (Å²) in [5, 5.41) is 1.07. The first kappa shape index (κ1) is 11.2. The number of ether oxygens (including phenoxy) is 1. The predicted molar refractivity (Wildman–Crippen MR) is 68.7 cm³/mol. The molecule has 1 aliphatic carbocycles. The van der Waals surface area contributed by atoms with Crippen molar-refractivity contribution in [3.63, 3.8) is 0 Å². The summed E-state index contributed by atoms with van der Waals surface area (Å²) in [6.45, 7) is 6.28. The minimum absolute atomic E-state index is 0.321. The summed E-state index contributed by atoms with van der Waals surface area (Å²) >= 11 is 1.53. The van der Waals surface area contributed by atoms with Gasteiger partial charge in [-0.3, -0.25) is 0 Å². The first-order valence-corrected chi connectivity index (χ1v) is 6.95. The molecular formula is C12H17N3OS. The van der Waals surface area contributed by atoms with E-state index in [0.29, 0.717) is 18.6 Å². The van der Waals surface area contributed by atoms with Gasteiger partial charge in [-0.05, 0) is 19.3 Å². The zero-order valence-electron chi connectivity index (χ0n) is 9.84. The van der Waals surface area contributed by atoms with E-state index in [4.69, 9.17) is 4.74 Å². The zero-order valence-corrected chi connectivity index (χ0v) is 10.7. The first-order chi connectivity index (χ1) is 8.36. The number of anilines is 1. The van der Waals surface area contributed by atoms with Crippen molar-refractivity contribution in [1.82, 2.24) is 9.36 Å². The number of rotatable bonds is 5. The maximum atomic E-state index is 5.67. The highest BCUT2D eigenvalue weighted by atomic mass is 32.1. The molecule has 5 heteroatoms. The molecule has 0 spiro atoms. The Morgan fingerprint density at radius 1 is 1.47 bits per heavy atom. The molecular weight excluding hydrogens is 234 g/mol. The smallest absolute Gasteiger partial charge is 0.205 e. The SMILES string of the molecule is C=CCOC1CCN(c2nc(C3CC3)ns2)C1. The summed E-state index contributed by atoms with van der Waals surface area (Å²) in [5.74, 6) is 1.70. The van der Waals surface area contributed by atoms with Crippen LogP contribution in [0.1, 0.15) is 31.0 Å². The van der Waals surface area contributed by atoms with E-state index in [9.17, 15) is 0 Å². The Labute approximate surface area is 105 Å². The minimum Gasteiger partial charge on any atom is -0.372 e. The van der Waals surface area contributed by atoms with Crippen LogP contribution >= 0.6 is 11.5 Å².